The van der Waals surface area contributed by atoms with Gasteiger partial charge >= 0.3 is 0 Å². The first-order chi connectivity index (χ1) is 11.0. The molecule has 6 nitrogen and oxygen atoms in total. The Hall–Kier alpha value is -2.08. The van der Waals surface area contributed by atoms with E-state index in [1.54, 1.807) is 10.9 Å². The lowest BCUT2D eigenvalue weighted by molar-refractivity contribution is -0.118. The van der Waals surface area contributed by atoms with Crippen LogP contribution in [-0.2, 0) is 11.8 Å². The number of hydrogen-bond acceptors (Lipinski definition) is 4. The van der Waals surface area contributed by atoms with E-state index in [1.165, 1.54) is 0 Å². The normalized spacial score (nSPS) is 22.2. The topological polar surface area (TPSA) is 63.3 Å². The third-order valence-corrected chi connectivity index (χ3v) is 4.46. The van der Waals surface area contributed by atoms with Gasteiger partial charge in [0.15, 0.2) is 0 Å². The molecule has 1 aliphatic rings. The Labute approximate surface area is 136 Å². The summed E-state index contributed by atoms with van der Waals surface area (Å²) >= 11 is 0. The lowest BCUT2D eigenvalue weighted by Crippen LogP contribution is -2.41. The van der Waals surface area contributed by atoms with Crippen LogP contribution in [-0.4, -0.2) is 33.7 Å². The number of aromatic nitrogens is 2. The van der Waals surface area contributed by atoms with E-state index >= 15 is 0 Å². The van der Waals surface area contributed by atoms with E-state index < -0.39 is 0 Å². The van der Waals surface area contributed by atoms with Crippen LogP contribution in [0.3, 0.4) is 0 Å². The molecule has 1 N–H and O–H groups in total. The number of carbonyl (C=O) groups is 1. The second-order valence-corrected chi connectivity index (χ2v) is 6.47. The highest BCUT2D eigenvalue weighted by Gasteiger charge is 2.30. The number of furan rings is 1. The van der Waals surface area contributed by atoms with Crippen molar-refractivity contribution in [1.82, 2.24) is 14.7 Å². The fourth-order valence-electron chi connectivity index (χ4n) is 3.25. The van der Waals surface area contributed by atoms with Crippen molar-refractivity contribution in [3.63, 3.8) is 0 Å². The highest BCUT2D eigenvalue weighted by atomic mass is 16.3. The molecule has 0 aromatic carbocycles. The SMILES string of the molecule is Cc1cc(NC(=O)CN2CC[C@@H](C)C[C@H]2c2ccco2)n(C)n1. The molecular weight excluding hydrogens is 292 g/mol. The molecule has 0 bridgehead atoms. The summed E-state index contributed by atoms with van der Waals surface area (Å²) in [5, 5.41) is 7.19. The number of nitrogens with one attached hydrogen (secondary N) is 1. The lowest BCUT2D eigenvalue weighted by Gasteiger charge is -2.36. The molecule has 1 fully saturated rings. The summed E-state index contributed by atoms with van der Waals surface area (Å²) in [5.74, 6) is 2.30. The van der Waals surface area contributed by atoms with E-state index in [9.17, 15) is 4.79 Å². The van der Waals surface area contributed by atoms with Crippen LogP contribution < -0.4 is 5.32 Å². The van der Waals surface area contributed by atoms with Crippen LogP contribution in [0.15, 0.2) is 28.9 Å². The molecule has 3 rings (SSSR count). The Balaban J connectivity index is 1.67. The average molecular weight is 316 g/mol. The molecule has 0 radical (unpaired) electrons. The Bertz CT molecular complexity index is 662. The predicted octanol–water partition coefficient (Wildman–Crippen LogP) is 2.73. The first kappa shape index (κ1) is 15.8. The van der Waals surface area contributed by atoms with Crippen molar-refractivity contribution in [3.8, 4) is 0 Å². The molecule has 0 saturated carbocycles. The maximum Gasteiger partial charge on any atom is 0.239 e. The maximum absolute atomic E-state index is 12.4. The Morgan fingerprint density at radius 2 is 2.35 bits per heavy atom. The van der Waals surface area contributed by atoms with Crippen molar-refractivity contribution in [1.29, 1.82) is 0 Å². The standard InChI is InChI=1S/C17H24N4O2/c1-12-6-7-21(14(9-12)15-5-4-8-23-15)11-17(22)18-16-10-13(2)19-20(16)3/h4-5,8,10,12,14H,6-7,9,11H2,1-3H3,(H,18,22)/t12-,14+/m1/s1. The molecule has 0 spiro atoms. The van der Waals surface area contributed by atoms with E-state index in [0.29, 0.717) is 12.5 Å². The van der Waals surface area contributed by atoms with Gasteiger partial charge in [-0.1, -0.05) is 6.92 Å². The van der Waals surface area contributed by atoms with Crippen LogP contribution in [0.25, 0.3) is 0 Å². The van der Waals surface area contributed by atoms with Gasteiger partial charge in [0.1, 0.15) is 11.6 Å². The third kappa shape index (κ3) is 3.64. The number of rotatable bonds is 4. The zero-order valence-corrected chi connectivity index (χ0v) is 14.0. The molecule has 1 aliphatic heterocycles. The van der Waals surface area contributed by atoms with E-state index in [0.717, 1.165) is 36.7 Å². The quantitative estimate of drug-likeness (QED) is 0.942. The second kappa shape index (κ2) is 6.58. The summed E-state index contributed by atoms with van der Waals surface area (Å²) in [6.45, 7) is 5.44. The fraction of sp³-hybridized carbons (Fsp3) is 0.529. The molecule has 2 atom stereocenters. The monoisotopic (exact) mass is 316 g/mol. The first-order valence-corrected chi connectivity index (χ1v) is 8.11. The van der Waals surface area contributed by atoms with Crippen molar-refractivity contribution in [2.24, 2.45) is 13.0 Å². The van der Waals surface area contributed by atoms with Crippen molar-refractivity contribution < 1.29 is 9.21 Å². The predicted molar refractivity (Wildman–Crippen MR) is 88.0 cm³/mol. The molecular formula is C17H24N4O2. The summed E-state index contributed by atoms with van der Waals surface area (Å²) in [6.07, 6.45) is 3.83. The van der Waals surface area contributed by atoms with Gasteiger partial charge in [-0.2, -0.15) is 5.10 Å². The van der Waals surface area contributed by atoms with Gasteiger partial charge in [-0.15, -0.1) is 0 Å². The molecule has 124 valence electrons. The van der Waals surface area contributed by atoms with Gasteiger partial charge in [0.05, 0.1) is 24.5 Å². The summed E-state index contributed by atoms with van der Waals surface area (Å²) in [7, 11) is 1.83. The highest BCUT2D eigenvalue weighted by Crippen LogP contribution is 2.33. The minimum absolute atomic E-state index is 0.0147. The molecule has 6 heteroatoms. The number of anilines is 1. The van der Waals surface area contributed by atoms with Crippen molar-refractivity contribution in [2.45, 2.75) is 32.7 Å². The minimum atomic E-state index is -0.0147. The fourth-order valence-corrected chi connectivity index (χ4v) is 3.25. The van der Waals surface area contributed by atoms with Gasteiger partial charge in [-0.3, -0.25) is 14.4 Å². The molecule has 0 unspecified atom stereocenters. The molecule has 1 amide bonds. The average Bonchev–Trinajstić information content (AvgIpc) is 3.11. The summed E-state index contributed by atoms with van der Waals surface area (Å²) in [5.41, 5.74) is 0.892. The van der Waals surface area contributed by atoms with Crippen molar-refractivity contribution in [3.05, 3.63) is 35.9 Å². The Morgan fingerprint density at radius 1 is 1.52 bits per heavy atom. The number of amides is 1. The van der Waals surface area contributed by atoms with Crippen LogP contribution in [0.1, 0.15) is 37.3 Å². The van der Waals surface area contributed by atoms with Gasteiger partial charge in [-0.05, 0) is 44.4 Å². The van der Waals surface area contributed by atoms with Gasteiger partial charge < -0.3 is 9.73 Å². The van der Waals surface area contributed by atoms with Crippen LogP contribution in [0.5, 0.6) is 0 Å². The molecule has 3 heterocycles. The molecule has 2 aromatic rings. The van der Waals surface area contributed by atoms with Crippen LogP contribution in [0, 0.1) is 12.8 Å². The summed E-state index contributed by atoms with van der Waals surface area (Å²) < 4.78 is 7.28. The van der Waals surface area contributed by atoms with E-state index in [2.05, 4.69) is 22.2 Å². The van der Waals surface area contributed by atoms with Gasteiger partial charge in [0.2, 0.25) is 5.91 Å². The smallest absolute Gasteiger partial charge is 0.239 e. The first-order valence-electron chi connectivity index (χ1n) is 8.11. The molecule has 1 saturated heterocycles. The highest BCUT2D eigenvalue weighted by molar-refractivity contribution is 5.91. The van der Waals surface area contributed by atoms with Crippen LogP contribution >= 0.6 is 0 Å². The Kier molecular flexibility index (Phi) is 4.52. The van der Waals surface area contributed by atoms with E-state index in [-0.39, 0.29) is 11.9 Å². The lowest BCUT2D eigenvalue weighted by atomic mass is 9.91. The van der Waals surface area contributed by atoms with Gasteiger partial charge in [0, 0.05) is 13.1 Å². The van der Waals surface area contributed by atoms with Gasteiger partial charge in [-0.25, -0.2) is 0 Å². The maximum atomic E-state index is 12.4. The Morgan fingerprint density at radius 3 is 3.00 bits per heavy atom. The van der Waals surface area contributed by atoms with E-state index in [4.69, 9.17) is 4.42 Å². The zero-order valence-electron chi connectivity index (χ0n) is 14.0. The number of carbonyl (C=O) groups excluding carboxylic acids is 1. The third-order valence-electron chi connectivity index (χ3n) is 4.46. The largest absolute Gasteiger partial charge is 0.468 e. The molecule has 0 aliphatic carbocycles. The van der Waals surface area contributed by atoms with Crippen LogP contribution in [0.4, 0.5) is 5.82 Å². The number of piperidine rings is 1. The van der Waals surface area contributed by atoms with Crippen molar-refractivity contribution in [2.75, 3.05) is 18.4 Å². The number of likely N-dealkylation sites (tertiary alicyclic amines) is 1. The molecule has 23 heavy (non-hydrogen) atoms. The second-order valence-electron chi connectivity index (χ2n) is 6.47. The zero-order chi connectivity index (χ0) is 16.4. The van der Waals surface area contributed by atoms with E-state index in [1.807, 2.05) is 32.2 Å². The van der Waals surface area contributed by atoms with Crippen LogP contribution in [0.2, 0.25) is 0 Å². The van der Waals surface area contributed by atoms with Crippen molar-refractivity contribution >= 4 is 11.7 Å². The molecule has 2 aromatic heterocycles. The number of aryl methyl sites for hydroxylation is 2. The van der Waals surface area contributed by atoms with Gasteiger partial charge in [0.25, 0.3) is 0 Å². The summed E-state index contributed by atoms with van der Waals surface area (Å²) in [6, 6.07) is 5.96. The number of hydrogen-bond donors (Lipinski definition) is 1. The number of nitrogens with zero attached hydrogens (tertiary/aromatic N) is 3. The minimum Gasteiger partial charge on any atom is -0.468 e. The summed E-state index contributed by atoms with van der Waals surface area (Å²) in [4.78, 5) is 14.6.